The molecule has 16 heavy (non-hydrogen) atoms. The minimum atomic E-state index is -0.109. The molecule has 0 aliphatic heterocycles. The number of benzene rings is 1. The lowest BCUT2D eigenvalue weighted by Crippen LogP contribution is -2.22. The van der Waals surface area contributed by atoms with Crippen LogP contribution in [0.2, 0.25) is 0 Å². The molecule has 82 valence electrons. The maximum absolute atomic E-state index is 11.7. The Labute approximate surface area is 98.2 Å². The lowest BCUT2D eigenvalue weighted by Gasteiger charge is -2.02. The van der Waals surface area contributed by atoms with E-state index in [0.717, 1.165) is 10.4 Å². The van der Waals surface area contributed by atoms with Crippen molar-refractivity contribution in [1.82, 2.24) is 10.3 Å². The van der Waals surface area contributed by atoms with Gasteiger partial charge in [0.15, 0.2) is 5.01 Å². The van der Waals surface area contributed by atoms with Crippen LogP contribution in [0, 0.1) is 6.92 Å². The maximum Gasteiger partial charge on any atom is 0.280 e. The van der Waals surface area contributed by atoms with Crippen molar-refractivity contribution in [3.05, 3.63) is 52.0 Å². The van der Waals surface area contributed by atoms with E-state index in [4.69, 9.17) is 0 Å². The monoisotopic (exact) mass is 232 g/mol. The van der Waals surface area contributed by atoms with Crippen molar-refractivity contribution in [1.29, 1.82) is 0 Å². The first-order valence-electron chi connectivity index (χ1n) is 5.00. The van der Waals surface area contributed by atoms with Gasteiger partial charge in [-0.3, -0.25) is 4.79 Å². The van der Waals surface area contributed by atoms with Crippen LogP contribution in [0.4, 0.5) is 0 Å². The molecule has 0 unspecified atom stereocenters. The molecule has 0 radical (unpaired) electrons. The van der Waals surface area contributed by atoms with E-state index in [2.05, 4.69) is 10.3 Å². The fourth-order valence-electron chi connectivity index (χ4n) is 1.31. The molecule has 0 spiro atoms. The van der Waals surface area contributed by atoms with E-state index in [1.54, 1.807) is 6.20 Å². The zero-order valence-electron chi connectivity index (χ0n) is 8.93. The van der Waals surface area contributed by atoms with Gasteiger partial charge in [0.2, 0.25) is 0 Å². The molecule has 0 atom stereocenters. The highest BCUT2D eigenvalue weighted by Crippen LogP contribution is 2.10. The van der Waals surface area contributed by atoms with Crippen LogP contribution in [0.3, 0.4) is 0 Å². The highest BCUT2D eigenvalue weighted by molar-refractivity contribution is 7.13. The van der Waals surface area contributed by atoms with Gasteiger partial charge >= 0.3 is 0 Å². The van der Waals surface area contributed by atoms with Crippen molar-refractivity contribution in [2.24, 2.45) is 0 Å². The van der Waals surface area contributed by atoms with Crippen LogP contribution >= 0.6 is 11.3 Å². The molecule has 1 N–H and O–H groups in total. The number of hydrogen-bond donors (Lipinski definition) is 1. The normalized spacial score (nSPS) is 10.1. The van der Waals surface area contributed by atoms with Gasteiger partial charge in [-0.2, -0.15) is 0 Å². The highest BCUT2D eigenvalue weighted by Gasteiger charge is 2.08. The Morgan fingerprint density at radius 3 is 2.75 bits per heavy atom. The quantitative estimate of drug-likeness (QED) is 0.882. The number of carbonyl (C=O) groups is 1. The summed E-state index contributed by atoms with van der Waals surface area (Å²) in [7, 11) is 0. The summed E-state index contributed by atoms with van der Waals surface area (Å²) >= 11 is 1.41. The van der Waals surface area contributed by atoms with Gasteiger partial charge < -0.3 is 5.32 Å². The molecular formula is C12H12N2OS. The maximum atomic E-state index is 11.7. The number of amides is 1. The molecule has 2 rings (SSSR count). The molecule has 3 nitrogen and oxygen atoms in total. The van der Waals surface area contributed by atoms with Gasteiger partial charge in [-0.1, -0.05) is 30.3 Å². The van der Waals surface area contributed by atoms with Crippen LogP contribution in [0.1, 0.15) is 20.2 Å². The van der Waals surface area contributed by atoms with Crippen molar-refractivity contribution in [2.75, 3.05) is 0 Å². The third-order valence-electron chi connectivity index (χ3n) is 2.11. The summed E-state index contributed by atoms with van der Waals surface area (Å²) < 4.78 is 0. The highest BCUT2D eigenvalue weighted by atomic mass is 32.1. The van der Waals surface area contributed by atoms with Gasteiger partial charge in [-0.25, -0.2) is 4.98 Å². The summed E-state index contributed by atoms with van der Waals surface area (Å²) in [5.41, 5.74) is 1.09. The first kappa shape index (κ1) is 10.8. The van der Waals surface area contributed by atoms with Crippen molar-refractivity contribution in [2.45, 2.75) is 13.5 Å². The predicted molar refractivity (Wildman–Crippen MR) is 64.5 cm³/mol. The van der Waals surface area contributed by atoms with Gasteiger partial charge in [0, 0.05) is 17.6 Å². The van der Waals surface area contributed by atoms with Crippen molar-refractivity contribution in [3.63, 3.8) is 0 Å². The Kier molecular flexibility index (Phi) is 3.31. The Balaban J connectivity index is 1.94. The first-order chi connectivity index (χ1) is 7.75. The zero-order valence-corrected chi connectivity index (χ0v) is 9.75. The Bertz CT molecular complexity index is 479. The molecule has 0 aliphatic rings. The Morgan fingerprint density at radius 2 is 2.12 bits per heavy atom. The van der Waals surface area contributed by atoms with E-state index in [0.29, 0.717) is 11.6 Å². The molecule has 1 amide bonds. The van der Waals surface area contributed by atoms with Gasteiger partial charge in [-0.05, 0) is 12.5 Å². The molecule has 1 heterocycles. The van der Waals surface area contributed by atoms with Crippen LogP contribution in [0.25, 0.3) is 0 Å². The topological polar surface area (TPSA) is 42.0 Å². The summed E-state index contributed by atoms with van der Waals surface area (Å²) in [6, 6.07) is 9.82. The molecular weight excluding hydrogens is 220 g/mol. The van der Waals surface area contributed by atoms with Crippen LogP contribution in [-0.4, -0.2) is 10.9 Å². The second-order valence-corrected chi connectivity index (χ2v) is 4.68. The SMILES string of the molecule is Cc1cnc(C(=O)NCc2ccccc2)s1. The van der Waals surface area contributed by atoms with E-state index in [1.807, 2.05) is 37.3 Å². The molecule has 0 saturated carbocycles. The number of aryl methyl sites for hydroxylation is 1. The van der Waals surface area contributed by atoms with Gasteiger partial charge in [-0.15, -0.1) is 11.3 Å². The summed E-state index contributed by atoms with van der Waals surface area (Å²) in [4.78, 5) is 16.7. The van der Waals surface area contributed by atoms with Crippen LogP contribution in [0.5, 0.6) is 0 Å². The molecule has 1 aromatic carbocycles. The van der Waals surface area contributed by atoms with E-state index in [-0.39, 0.29) is 5.91 Å². The van der Waals surface area contributed by atoms with Gasteiger partial charge in [0.05, 0.1) is 0 Å². The molecule has 2 aromatic rings. The van der Waals surface area contributed by atoms with E-state index < -0.39 is 0 Å². The fraction of sp³-hybridized carbons (Fsp3) is 0.167. The van der Waals surface area contributed by atoms with Crippen LogP contribution in [0.15, 0.2) is 36.5 Å². The van der Waals surface area contributed by atoms with Crippen LogP contribution < -0.4 is 5.32 Å². The third-order valence-corrected chi connectivity index (χ3v) is 3.02. The molecule has 0 aliphatic carbocycles. The van der Waals surface area contributed by atoms with Crippen LogP contribution in [-0.2, 0) is 6.54 Å². The Hall–Kier alpha value is -1.68. The summed E-state index contributed by atoms with van der Waals surface area (Å²) in [5.74, 6) is -0.109. The van der Waals surface area contributed by atoms with Crippen molar-refractivity contribution >= 4 is 17.2 Å². The molecule has 0 bridgehead atoms. The van der Waals surface area contributed by atoms with E-state index >= 15 is 0 Å². The minimum absolute atomic E-state index is 0.109. The number of aromatic nitrogens is 1. The van der Waals surface area contributed by atoms with E-state index in [9.17, 15) is 4.79 Å². The van der Waals surface area contributed by atoms with Gasteiger partial charge in [0.25, 0.3) is 5.91 Å². The number of hydrogen-bond acceptors (Lipinski definition) is 3. The number of carbonyl (C=O) groups excluding carboxylic acids is 1. The standard InChI is InChI=1S/C12H12N2OS/c1-9-7-14-12(16-9)11(15)13-8-10-5-3-2-4-6-10/h2-7H,8H2,1H3,(H,13,15). The smallest absolute Gasteiger partial charge is 0.280 e. The third kappa shape index (κ3) is 2.67. The molecule has 1 aromatic heterocycles. The lowest BCUT2D eigenvalue weighted by atomic mass is 10.2. The first-order valence-corrected chi connectivity index (χ1v) is 5.82. The fourth-order valence-corrected chi connectivity index (χ4v) is 1.99. The van der Waals surface area contributed by atoms with Gasteiger partial charge in [0.1, 0.15) is 0 Å². The predicted octanol–water partition coefficient (Wildman–Crippen LogP) is 2.38. The average Bonchev–Trinajstić information content (AvgIpc) is 2.74. The summed E-state index contributed by atoms with van der Waals surface area (Å²) in [5, 5.41) is 3.36. The molecule has 0 fully saturated rings. The van der Waals surface area contributed by atoms with E-state index in [1.165, 1.54) is 11.3 Å². The summed E-state index contributed by atoms with van der Waals surface area (Å²) in [6.07, 6.45) is 1.71. The van der Waals surface area contributed by atoms with Crippen molar-refractivity contribution < 1.29 is 4.79 Å². The zero-order chi connectivity index (χ0) is 11.4. The largest absolute Gasteiger partial charge is 0.346 e. The lowest BCUT2D eigenvalue weighted by molar-refractivity contribution is 0.0950. The number of rotatable bonds is 3. The second-order valence-electron chi connectivity index (χ2n) is 3.44. The number of thiazole rings is 1. The number of nitrogens with zero attached hydrogens (tertiary/aromatic N) is 1. The summed E-state index contributed by atoms with van der Waals surface area (Å²) in [6.45, 7) is 2.48. The average molecular weight is 232 g/mol. The second kappa shape index (κ2) is 4.90. The van der Waals surface area contributed by atoms with Crippen molar-refractivity contribution in [3.8, 4) is 0 Å². The Morgan fingerprint density at radius 1 is 1.38 bits per heavy atom. The molecule has 0 saturated heterocycles. The molecule has 4 heteroatoms. The number of nitrogens with one attached hydrogen (secondary N) is 1. The minimum Gasteiger partial charge on any atom is -0.346 e.